The van der Waals surface area contributed by atoms with Gasteiger partial charge in [0.25, 0.3) is 0 Å². The Kier molecular flexibility index (Phi) is 6.78. The normalized spacial score (nSPS) is 23.8. The summed E-state index contributed by atoms with van der Waals surface area (Å²) in [7, 11) is 2.17. The van der Waals surface area contributed by atoms with Crippen molar-refractivity contribution in [1.29, 1.82) is 0 Å². The van der Waals surface area contributed by atoms with E-state index in [-0.39, 0.29) is 5.41 Å². The van der Waals surface area contributed by atoms with Crippen LogP contribution in [0.3, 0.4) is 0 Å². The van der Waals surface area contributed by atoms with Gasteiger partial charge in [0.1, 0.15) is 5.82 Å². The first-order valence-electron chi connectivity index (χ1n) is 13.4. The van der Waals surface area contributed by atoms with Crippen LogP contribution >= 0.6 is 0 Å². The number of nitrogens with one attached hydrogen (secondary N) is 1. The maximum Gasteiger partial charge on any atom is 0.309 e. The number of hydrogen-bond acceptors (Lipinski definition) is 3. The van der Waals surface area contributed by atoms with Gasteiger partial charge in [0.05, 0.1) is 16.4 Å². The van der Waals surface area contributed by atoms with Gasteiger partial charge in [-0.05, 0) is 107 Å². The molecule has 190 valence electrons. The third-order valence-electron chi connectivity index (χ3n) is 9.19. The van der Waals surface area contributed by atoms with Gasteiger partial charge >= 0.3 is 5.97 Å². The highest BCUT2D eigenvalue weighted by Crippen LogP contribution is 2.62. The third kappa shape index (κ3) is 4.50. The molecule has 3 aliphatic carbocycles. The molecule has 1 heterocycles. The topological polar surface area (TPSA) is 69.2 Å². The number of carboxylic acids is 1. The number of aromatic amines is 1. The average molecular weight is 486 g/mol. The summed E-state index contributed by atoms with van der Waals surface area (Å²) in [6, 6.07) is 18.8. The van der Waals surface area contributed by atoms with Crippen LogP contribution in [0, 0.1) is 22.7 Å². The molecule has 3 atom stereocenters. The number of para-hydroxylation sites is 2. The Morgan fingerprint density at radius 2 is 1.86 bits per heavy atom. The van der Waals surface area contributed by atoms with Gasteiger partial charge in [0, 0.05) is 6.42 Å². The van der Waals surface area contributed by atoms with Crippen molar-refractivity contribution in [2.75, 3.05) is 20.1 Å². The first-order valence-corrected chi connectivity index (χ1v) is 13.4. The molecule has 5 nitrogen and oxygen atoms in total. The molecule has 2 N–H and O–H groups in total. The smallest absolute Gasteiger partial charge is 0.309 e. The lowest BCUT2D eigenvalue weighted by atomic mass is 9.46. The van der Waals surface area contributed by atoms with Crippen LogP contribution in [0.4, 0.5) is 0 Å². The molecule has 6 rings (SSSR count). The van der Waals surface area contributed by atoms with Crippen molar-refractivity contribution in [2.45, 2.75) is 52.4 Å². The first kappa shape index (κ1) is 24.8. The molecular weight excluding hydrogens is 446 g/mol. The number of aromatic nitrogens is 2. The fourth-order valence-corrected chi connectivity index (χ4v) is 6.85. The number of hydrogen-bond donors (Lipinski definition) is 2. The quantitative estimate of drug-likeness (QED) is 0.347. The monoisotopic (exact) mass is 485 g/mol. The average Bonchev–Trinajstić information content (AvgIpc) is 3.31. The van der Waals surface area contributed by atoms with E-state index in [0.717, 1.165) is 68.5 Å². The van der Waals surface area contributed by atoms with Crippen molar-refractivity contribution in [3.63, 3.8) is 0 Å². The van der Waals surface area contributed by atoms with E-state index < -0.39 is 11.4 Å². The van der Waals surface area contributed by atoms with Crippen molar-refractivity contribution in [3.05, 3.63) is 72.1 Å². The number of imidazole rings is 1. The summed E-state index contributed by atoms with van der Waals surface area (Å²) in [6.07, 6.45) is 8.51. The minimum absolute atomic E-state index is 0.229. The summed E-state index contributed by atoms with van der Waals surface area (Å²) in [6.45, 7) is 5.82. The van der Waals surface area contributed by atoms with E-state index in [0.29, 0.717) is 11.8 Å². The maximum atomic E-state index is 12.6. The summed E-state index contributed by atoms with van der Waals surface area (Å²) in [4.78, 5) is 23.1. The number of rotatable bonds is 10. The molecule has 5 heteroatoms. The molecular formula is C31H39N3O2. The highest BCUT2D eigenvalue weighted by Gasteiger charge is 2.58. The van der Waals surface area contributed by atoms with Crippen LogP contribution in [0.2, 0.25) is 0 Å². The third-order valence-corrected chi connectivity index (χ3v) is 9.19. The van der Waals surface area contributed by atoms with E-state index in [1.165, 1.54) is 11.1 Å². The number of aryl methyl sites for hydroxylation is 1. The van der Waals surface area contributed by atoms with Crippen LogP contribution in [0.25, 0.3) is 16.6 Å². The predicted octanol–water partition coefficient (Wildman–Crippen LogP) is 6.43. The highest BCUT2D eigenvalue weighted by molar-refractivity contribution is 5.77. The molecule has 1 aromatic heterocycles. The summed E-state index contributed by atoms with van der Waals surface area (Å²) >= 11 is 0. The van der Waals surface area contributed by atoms with Crippen LogP contribution in [-0.4, -0.2) is 46.1 Å². The second-order valence-electron chi connectivity index (χ2n) is 11.5. The van der Waals surface area contributed by atoms with Gasteiger partial charge < -0.3 is 15.0 Å². The Morgan fingerprint density at radius 1 is 1.11 bits per heavy atom. The van der Waals surface area contributed by atoms with E-state index >= 15 is 0 Å². The van der Waals surface area contributed by atoms with E-state index in [1.807, 2.05) is 32.0 Å². The standard InChI is InChI=1S/C31H39N3O2/c1-30(2,29(35)36)31(21-23-15-16-24(31)20-25(23)22-10-5-4-6-11-22)17-19-34(3)18-9-14-28-32-26-12-7-8-13-27(26)33-28/h4-8,10-13,20,23-24H,9,14-19,21H2,1-3H3,(H,32,33)(H,35,36)/t23-,24-,31+/m0/s1. The Balaban J connectivity index is 1.27. The lowest BCUT2D eigenvalue weighted by molar-refractivity contribution is -0.162. The van der Waals surface area contributed by atoms with E-state index in [4.69, 9.17) is 4.98 Å². The number of allylic oxidation sites excluding steroid dienone is 2. The number of fused-ring (bicyclic) bond motifs is 3. The van der Waals surface area contributed by atoms with E-state index in [9.17, 15) is 9.90 Å². The fraction of sp³-hybridized carbons (Fsp3) is 0.484. The SMILES string of the molecule is CN(CCCc1nc2ccccc2[nH]1)CC[C@@]1(C(C)(C)C(=O)O)C[C@@H]2CC[C@H]1C=C2c1ccccc1. The molecule has 0 spiro atoms. The van der Waals surface area contributed by atoms with E-state index in [1.54, 1.807) is 0 Å². The molecule has 0 unspecified atom stereocenters. The minimum Gasteiger partial charge on any atom is -0.481 e. The molecule has 1 saturated carbocycles. The fourth-order valence-electron chi connectivity index (χ4n) is 6.85. The van der Waals surface area contributed by atoms with Crippen molar-refractivity contribution >= 4 is 22.6 Å². The summed E-state index contributed by atoms with van der Waals surface area (Å²) < 4.78 is 0. The Morgan fingerprint density at radius 3 is 2.56 bits per heavy atom. The molecule has 0 amide bonds. The zero-order valence-electron chi connectivity index (χ0n) is 21.8. The minimum atomic E-state index is -0.774. The van der Waals surface area contributed by atoms with Crippen LogP contribution in [0.1, 0.15) is 57.3 Å². The van der Waals surface area contributed by atoms with Crippen LogP contribution < -0.4 is 0 Å². The Labute approximate surface area is 214 Å². The second kappa shape index (κ2) is 9.85. The van der Waals surface area contributed by atoms with Crippen LogP contribution in [0.15, 0.2) is 60.7 Å². The van der Waals surface area contributed by atoms with Gasteiger partial charge in [-0.25, -0.2) is 4.98 Å². The number of aliphatic carboxylic acids is 1. The van der Waals surface area contributed by atoms with Gasteiger partial charge in [-0.1, -0.05) is 48.5 Å². The van der Waals surface area contributed by atoms with Crippen LogP contribution in [0.5, 0.6) is 0 Å². The first-order chi connectivity index (χ1) is 17.3. The van der Waals surface area contributed by atoms with Gasteiger partial charge in [-0.3, -0.25) is 4.79 Å². The predicted molar refractivity (Wildman–Crippen MR) is 146 cm³/mol. The molecule has 3 aliphatic rings. The Bertz CT molecular complexity index is 1210. The van der Waals surface area contributed by atoms with Gasteiger partial charge in [0.15, 0.2) is 0 Å². The number of benzene rings is 2. The molecule has 2 bridgehead atoms. The van der Waals surface area contributed by atoms with Crippen molar-refractivity contribution < 1.29 is 9.90 Å². The maximum absolute atomic E-state index is 12.6. The van der Waals surface area contributed by atoms with Gasteiger partial charge in [-0.15, -0.1) is 0 Å². The number of carbonyl (C=O) groups is 1. The lowest BCUT2D eigenvalue weighted by Crippen LogP contribution is -2.54. The largest absolute Gasteiger partial charge is 0.481 e. The van der Waals surface area contributed by atoms with Crippen molar-refractivity contribution in [1.82, 2.24) is 14.9 Å². The zero-order valence-corrected chi connectivity index (χ0v) is 21.8. The van der Waals surface area contributed by atoms with Crippen molar-refractivity contribution in [2.24, 2.45) is 22.7 Å². The van der Waals surface area contributed by atoms with Gasteiger partial charge in [0.2, 0.25) is 0 Å². The highest BCUT2D eigenvalue weighted by atomic mass is 16.4. The second-order valence-corrected chi connectivity index (χ2v) is 11.5. The van der Waals surface area contributed by atoms with Gasteiger partial charge in [-0.2, -0.15) is 0 Å². The molecule has 0 saturated heterocycles. The van der Waals surface area contributed by atoms with Crippen LogP contribution in [-0.2, 0) is 11.2 Å². The van der Waals surface area contributed by atoms with E-state index in [2.05, 4.69) is 59.4 Å². The summed E-state index contributed by atoms with van der Waals surface area (Å²) in [5.41, 5.74) is 3.85. The molecule has 1 fully saturated rings. The molecule has 36 heavy (non-hydrogen) atoms. The van der Waals surface area contributed by atoms with Crippen molar-refractivity contribution in [3.8, 4) is 0 Å². The molecule has 0 radical (unpaired) electrons. The summed E-state index contributed by atoms with van der Waals surface area (Å²) in [5, 5.41) is 10.3. The number of H-pyrrole nitrogens is 1. The molecule has 0 aliphatic heterocycles. The Hall–Kier alpha value is -2.92. The lowest BCUT2D eigenvalue weighted by Gasteiger charge is -2.57. The number of carboxylic acid groups (broad SMARTS) is 1. The summed E-state index contributed by atoms with van der Waals surface area (Å²) in [5.74, 6) is 1.11. The number of nitrogens with zero attached hydrogens (tertiary/aromatic N) is 2. The molecule has 3 aromatic rings. The molecule has 2 aromatic carbocycles. The zero-order chi connectivity index (χ0) is 25.3.